The van der Waals surface area contributed by atoms with Crippen molar-refractivity contribution < 1.29 is 19.0 Å². The Morgan fingerprint density at radius 2 is 1.67 bits per heavy atom. The molecule has 3 aromatic carbocycles. The third-order valence-corrected chi connectivity index (χ3v) is 9.98. The summed E-state index contributed by atoms with van der Waals surface area (Å²) >= 11 is 0. The molecule has 1 aromatic heterocycles. The Hall–Kier alpha value is -4.06. The van der Waals surface area contributed by atoms with Crippen molar-refractivity contribution in [1.82, 2.24) is 4.98 Å². The number of fused-ring (bicyclic) bond motifs is 1. The van der Waals surface area contributed by atoms with Crippen LogP contribution in [0.5, 0.6) is 17.2 Å². The van der Waals surface area contributed by atoms with Crippen molar-refractivity contribution in [3.05, 3.63) is 90.1 Å². The minimum atomic E-state index is -0.202. The molecule has 4 bridgehead atoms. The van der Waals surface area contributed by atoms with E-state index in [-0.39, 0.29) is 17.9 Å². The molecule has 0 spiro atoms. The molecule has 6 heteroatoms. The van der Waals surface area contributed by atoms with Gasteiger partial charge in [-0.25, -0.2) is 0 Å². The molecule has 4 fully saturated rings. The van der Waals surface area contributed by atoms with Crippen molar-refractivity contribution in [3.8, 4) is 17.2 Å². The summed E-state index contributed by atoms with van der Waals surface area (Å²) in [7, 11) is 3.40. The summed E-state index contributed by atoms with van der Waals surface area (Å²) in [5.74, 6) is 5.03. The molecule has 1 heterocycles. The number of para-hydroxylation sites is 1. The number of hydrogen-bond acceptors (Lipinski definition) is 5. The maximum absolute atomic E-state index is 12.7. The van der Waals surface area contributed by atoms with Crippen LogP contribution in [0.15, 0.2) is 79.0 Å². The van der Waals surface area contributed by atoms with Crippen LogP contribution in [0.2, 0.25) is 0 Å². The van der Waals surface area contributed by atoms with E-state index in [0.29, 0.717) is 17.4 Å². The fourth-order valence-corrected chi connectivity index (χ4v) is 8.80. The molecule has 3 atom stereocenters. The number of nitrogens with one attached hydrogen (secondary N) is 1. The number of aromatic nitrogens is 1. The average molecular weight is 563 g/mol. The fraction of sp³-hybridized carbons (Fsp3) is 0.389. The lowest BCUT2D eigenvalue weighted by Gasteiger charge is -2.62. The van der Waals surface area contributed by atoms with Gasteiger partial charge in [0, 0.05) is 11.6 Å². The molecule has 4 aliphatic carbocycles. The van der Waals surface area contributed by atoms with E-state index in [1.807, 2.05) is 48.5 Å². The zero-order valence-corrected chi connectivity index (χ0v) is 24.3. The first-order valence-corrected chi connectivity index (χ1v) is 15.1. The maximum atomic E-state index is 12.7. The lowest BCUT2D eigenvalue weighted by Crippen LogP contribution is -2.52. The number of carbonyl (C=O) groups excluding carboxylic acids is 1. The Labute approximate surface area is 247 Å². The van der Waals surface area contributed by atoms with Crippen molar-refractivity contribution in [2.24, 2.45) is 23.2 Å². The predicted molar refractivity (Wildman–Crippen MR) is 164 cm³/mol. The van der Waals surface area contributed by atoms with E-state index in [2.05, 4.69) is 34.6 Å². The summed E-state index contributed by atoms with van der Waals surface area (Å²) in [5.41, 5.74) is 4.45. The number of amides is 1. The van der Waals surface area contributed by atoms with Gasteiger partial charge in [0.15, 0.2) is 18.1 Å². The molecule has 0 radical (unpaired) electrons. The minimum absolute atomic E-state index is 0.0543. The third-order valence-electron chi connectivity index (χ3n) is 9.98. The number of anilines is 1. The largest absolute Gasteiger partial charge is 0.493 e. The molecule has 3 unspecified atom stereocenters. The molecule has 0 saturated heterocycles. The van der Waals surface area contributed by atoms with Crippen LogP contribution in [0.1, 0.15) is 49.1 Å². The van der Waals surface area contributed by atoms with Crippen LogP contribution in [0, 0.1) is 23.2 Å². The first-order chi connectivity index (χ1) is 20.5. The molecular formula is C36H38N2O4. The predicted octanol–water partition coefficient (Wildman–Crippen LogP) is 7.42. The Kier molecular flexibility index (Phi) is 7.01. The van der Waals surface area contributed by atoms with Gasteiger partial charge in [0.2, 0.25) is 0 Å². The van der Waals surface area contributed by atoms with Gasteiger partial charge in [-0.3, -0.25) is 9.78 Å². The third kappa shape index (κ3) is 4.97. The van der Waals surface area contributed by atoms with Gasteiger partial charge < -0.3 is 19.5 Å². The maximum Gasteiger partial charge on any atom is 0.262 e. The van der Waals surface area contributed by atoms with Gasteiger partial charge in [-0.2, -0.15) is 0 Å². The summed E-state index contributed by atoms with van der Waals surface area (Å²) in [4.78, 5) is 17.2. The van der Waals surface area contributed by atoms with E-state index in [9.17, 15) is 4.79 Å². The second-order valence-electron chi connectivity index (χ2n) is 12.6. The Bertz CT molecular complexity index is 1580. The summed E-state index contributed by atoms with van der Waals surface area (Å²) < 4.78 is 17.1. The Balaban J connectivity index is 1.07. The summed E-state index contributed by atoms with van der Waals surface area (Å²) in [5, 5.41) is 3.94. The van der Waals surface area contributed by atoms with E-state index in [1.165, 1.54) is 43.2 Å². The van der Waals surface area contributed by atoms with Gasteiger partial charge in [-0.05, 0) is 115 Å². The average Bonchev–Trinajstić information content (AvgIpc) is 3.00. The highest BCUT2D eigenvalue weighted by atomic mass is 16.5. The highest BCUT2D eigenvalue weighted by Gasteiger charge is 2.57. The number of methoxy groups -OCH3 is 2. The molecule has 1 N–H and O–H groups in total. The number of nitrogens with zero attached hydrogens (tertiary/aromatic N) is 1. The molecule has 6 nitrogen and oxygen atoms in total. The van der Waals surface area contributed by atoms with E-state index in [1.54, 1.807) is 20.4 Å². The fourth-order valence-electron chi connectivity index (χ4n) is 8.80. The molecule has 0 aliphatic heterocycles. The summed E-state index contributed by atoms with van der Waals surface area (Å²) in [6, 6.07) is 24.6. The van der Waals surface area contributed by atoms with Crippen molar-refractivity contribution >= 4 is 22.5 Å². The number of rotatable bonds is 9. The van der Waals surface area contributed by atoms with E-state index in [4.69, 9.17) is 14.2 Å². The lowest BCUT2D eigenvalue weighted by atomic mass is 9.43. The first kappa shape index (κ1) is 26.8. The molecule has 216 valence electrons. The summed E-state index contributed by atoms with van der Waals surface area (Å²) in [6.45, 7) is -0.0543. The van der Waals surface area contributed by atoms with Crippen molar-refractivity contribution in [1.29, 1.82) is 0 Å². The van der Waals surface area contributed by atoms with Crippen LogP contribution >= 0.6 is 0 Å². The lowest BCUT2D eigenvalue weighted by molar-refractivity contribution is -0.118. The van der Waals surface area contributed by atoms with Gasteiger partial charge in [-0.1, -0.05) is 36.4 Å². The molecule has 4 aliphatic rings. The Morgan fingerprint density at radius 3 is 2.43 bits per heavy atom. The Morgan fingerprint density at radius 1 is 0.905 bits per heavy atom. The standard InChI is InChI=1S/C36H38N2O4/c1-40-31-13-8-23(18-32(31)41-2)19-36-20-24-15-25(21-36)17-28(16-24)34(36)26-9-11-29(12-10-26)42-22-33(39)38-30-7-3-5-27-6-4-14-37-35(27)30/h3-14,18,24-25,28,34H,15-17,19-22H2,1-2H3,(H,38,39). The number of hydrogen-bond donors (Lipinski definition) is 1. The van der Waals surface area contributed by atoms with Crippen molar-refractivity contribution in [2.75, 3.05) is 26.1 Å². The molecular weight excluding hydrogens is 524 g/mol. The second kappa shape index (κ2) is 11.0. The minimum Gasteiger partial charge on any atom is -0.493 e. The molecule has 42 heavy (non-hydrogen) atoms. The zero-order chi connectivity index (χ0) is 28.7. The van der Waals surface area contributed by atoms with Crippen LogP contribution in [0.25, 0.3) is 10.9 Å². The SMILES string of the molecule is COc1ccc(CC23CC4CC(CC(C4)C2c2ccc(OCC(=O)Nc4cccc5cccnc45)cc2)C3)cc1OC. The number of carbonyl (C=O) groups is 1. The second-order valence-corrected chi connectivity index (χ2v) is 12.6. The monoisotopic (exact) mass is 562 g/mol. The highest BCUT2D eigenvalue weighted by molar-refractivity contribution is 6.00. The molecule has 4 aromatic rings. The zero-order valence-electron chi connectivity index (χ0n) is 24.3. The molecule has 4 saturated carbocycles. The highest BCUT2D eigenvalue weighted by Crippen LogP contribution is 2.67. The van der Waals surface area contributed by atoms with Gasteiger partial charge in [0.25, 0.3) is 5.91 Å². The normalized spacial score (nSPS) is 25.8. The van der Waals surface area contributed by atoms with Gasteiger partial charge in [0.1, 0.15) is 5.75 Å². The van der Waals surface area contributed by atoms with Gasteiger partial charge >= 0.3 is 0 Å². The van der Waals surface area contributed by atoms with Gasteiger partial charge in [-0.15, -0.1) is 0 Å². The van der Waals surface area contributed by atoms with E-state index in [0.717, 1.165) is 46.6 Å². The quantitative estimate of drug-likeness (QED) is 0.230. The smallest absolute Gasteiger partial charge is 0.262 e. The van der Waals surface area contributed by atoms with Crippen LogP contribution in [0.4, 0.5) is 5.69 Å². The number of ether oxygens (including phenoxy) is 3. The molecule has 8 rings (SSSR count). The topological polar surface area (TPSA) is 69.7 Å². The number of pyridine rings is 1. The van der Waals surface area contributed by atoms with Crippen LogP contribution < -0.4 is 19.5 Å². The van der Waals surface area contributed by atoms with E-state index < -0.39 is 0 Å². The van der Waals surface area contributed by atoms with E-state index >= 15 is 0 Å². The van der Waals surface area contributed by atoms with Crippen LogP contribution in [-0.4, -0.2) is 31.7 Å². The first-order valence-electron chi connectivity index (χ1n) is 15.1. The van der Waals surface area contributed by atoms with Crippen molar-refractivity contribution in [2.45, 2.75) is 44.4 Å². The van der Waals surface area contributed by atoms with Crippen molar-refractivity contribution in [3.63, 3.8) is 0 Å². The van der Waals surface area contributed by atoms with Gasteiger partial charge in [0.05, 0.1) is 25.4 Å². The summed E-state index contributed by atoms with van der Waals surface area (Å²) in [6.07, 6.45) is 9.47. The number of benzene rings is 3. The van der Waals surface area contributed by atoms with Crippen LogP contribution in [0.3, 0.4) is 0 Å². The van der Waals surface area contributed by atoms with Crippen LogP contribution in [-0.2, 0) is 11.2 Å². The molecule has 1 amide bonds.